The standard InChI is InChI=1S/C47H54ClFN4O12/c1-26-13-12-16-37(61-8)47(59)24-36(63-45(58)51-47)27(2)41-46(4,65-41)38(23-39(54)53(6)34-20-30(19-26)21-35(60-7)40(34)48)64-43(56)28(3)52(5)42(55)31-17-18-32(49)33(22-31)50-44(57)62-25-29-14-10-9-11-15-29/h9-18,20-22,27-28,36-38,41,59H,19,23-25H2,1-8H3,(H,50,57)(H,51,58)/b16-12+,26-13+/t27-,28+,36+,37-,38+,41+,46+,47+/m1/s1. The van der Waals surface area contributed by atoms with Crippen LogP contribution in [-0.4, -0.2) is 110 Å². The first kappa shape index (κ1) is 48.4. The maximum atomic E-state index is 14.9. The van der Waals surface area contributed by atoms with Crippen molar-refractivity contribution in [3.63, 3.8) is 0 Å². The Morgan fingerprint density at radius 1 is 1.12 bits per heavy atom. The van der Waals surface area contributed by atoms with Crippen LogP contribution in [0.15, 0.2) is 84.5 Å². The second kappa shape index (κ2) is 20.0. The number of hydrogen-bond acceptors (Lipinski definition) is 12. The van der Waals surface area contributed by atoms with Gasteiger partial charge in [-0.2, -0.15) is 0 Å². The van der Waals surface area contributed by atoms with Gasteiger partial charge in [-0.15, -0.1) is 0 Å². The fourth-order valence-corrected chi connectivity index (χ4v) is 8.32. The number of nitrogens with zero attached hydrogens (tertiary/aromatic N) is 2. The van der Waals surface area contributed by atoms with Crippen LogP contribution >= 0.6 is 11.6 Å². The quantitative estimate of drug-likeness (QED) is 0.117. The summed E-state index contributed by atoms with van der Waals surface area (Å²) in [6.45, 7) is 6.64. The van der Waals surface area contributed by atoms with E-state index in [-0.39, 0.29) is 29.3 Å². The van der Waals surface area contributed by atoms with Crippen molar-refractivity contribution >= 4 is 52.9 Å². The predicted molar refractivity (Wildman–Crippen MR) is 237 cm³/mol. The number of esters is 1. The van der Waals surface area contributed by atoms with E-state index in [0.717, 1.165) is 28.2 Å². The van der Waals surface area contributed by atoms with Crippen molar-refractivity contribution in [2.24, 2.45) is 5.92 Å². The monoisotopic (exact) mass is 920 g/mol. The third kappa shape index (κ3) is 10.9. The lowest BCUT2D eigenvalue weighted by atomic mass is 9.83. The summed E-state index contributed by atoms with van der Waals surface area (Å²) in [6.07, 6.45) is -0.763. The Hall–Kier alpha value is -6.01. The molecule has 4 amide bonds. The van der Waals surface area contributed by atoms with E-state index in [1.807, 2.05) is 19.1 Å². The average Bonchev–Trinajstić information content (AvgIpc) is 3.98. The largest absolute Gasteiger partial charge is 0.495 e. The van der Waals surface area contributed by atoms with E-state index in [0.29, 0.717) is 23.4 Å². The van der Waals surface area contributed by atoms with Crippen LogP contribution in [0, 0.1) is 11.7 Å². The minimum atomic E-state index is -1.89. The van der Waals surface area contributed by atoms with Gasteiger partial charge in [0.2, 0.25) is 5.91 Å². The number of anilines is 2. The molecule has 3 N–H and O–H groups in total. The minimum Gasteiger partial charge on any atom is -0.495 e. The topological polar surface area (TPSA) is 195 Å². The summed E-state index contributed by atoms with van der Waals surface area (Å²) >= 11 is 6.79. The molecule has 0 radical (unpaired) electrons. The minimum absolute atomic E-state index is 0.0649. The van der Waals surface area contributed by atoms with Crippen LogP contribution in [0.5, 0.6) is 5.75 Å². The van der Waals surface area contributed by atoms with E-state index in [1.54, 1.807) is 62.4 Å². The van der Waals surface area contributed by atoms with Gasteiger partial charge in [-0.25, -0.2) is 18.8 Å². The van der Waals surface area contributed by atoms with E-state index in [9.17, 15) is 33.5 Å². The zero-order valence-corrected chi connectivity index (χ0v) is 38.1. The van der Waals surface area contributed by atoms with Gasteiger partial charge in [-0.05, 0) is 68.7 Å². The number of amides is 4. The Morgan fingerprint density at radius 3 is 2.54 bits per heavy atom. The molecule has 0 spiro atoms. The molecule has 3 heterocycles. The lowest BCUT2D eigenvalue weighted by Crippen LogP contribution is -2.63. The zero-order valence-electron chi connectivity index (χ0n) is 37.4. The Balaban J connectivity index is 1.27. The number of carbonyl (C=O) groups excluding carboxylic acids is 5. The van der Waals surface area contributed by atoms with Gasteiger partial charge in [0.25, 0.3) is 5.91 Å². The molecular weight excluding hydrogens is 867 g/mol. The zero-order chi connectivity index (χ0) is 47.4. The molecule has 348 valence electrons. The van der Waals surface area contributed by atoms with E-state index in [1.165, 1.54) is 46.2 Å². The molecule has 0 saturated carbocycles. The number of ether oxygens (including phenoxy) is 6. The maximum absolute atomic E-state index is 14.9. The van der Waals surface area contributed by atoms with Crippen molar-refractivity contribution in [3.8, 4) is 5.75 Å². The van der Waals surface area contributed by atoms with E-state index >= 15 is 0 Å². The van der Waals surface area contributed by atoms with Crippen LogP contribution in [0.3, 0.4) is 0 Å². The van der Waals surface area contributed by atoms with Gasteiger partial charge in [0.1, 0.15) is 53.2 Å². The first-order chi connectivity index (χ1) is 30.8. The molecule has 8 atom stereocenters. The van der Waals surface area contributed by atoms with Crippen molar-refractivity contribution < 1.29 is 61.9 Å². The van der Waals surface area contributed by atoms with Crippen LogP contribution in [0.4, 0.5) is 25.4 Å². The van der Waals surface area contributed by atoms with Gasteiger partial charge >= 0.3 is 18.2 Å². The number of aliphatic hydroxyl groups is 1. The Morgan fingerprint density at radius 2 is 1.85 bits per heavy atom. The number of methoxy groups -OCH3 is 2. The number of nitrogens with one attached hydrogen (secondary N) is 2. The fraction of sp³-hybridized carbons (Fsp3) is 0.426. The highest BCUT2D eigenvalue weighted by Crippen LogP contribution is 2.49. The van der Waals surface area contributed by atoms with E-state index in [4.69, 9.17) is 40.0 Å². The predicted octanol–water partition coefficient (Wildman–Crippen LogP) is 6.72. The highest BCUT2D eigenvalue weighted by Gasteiger charge is 2.64. The van der Waals surface area contributed by atoms with Gasteiger partial charge in [-0.1, -0.05) is 72.7 Å². The second-order valence-electron chi connectivity index (χ2n) is 16.7. The molecule has 4 bridgehead atoms. The Bertz CT molecular complexity index is 2370. The lowest BCUT2D eigenvalue weighted by Gasteiger charge is -2.42. The molecule has 0 aromatic heterocycles. The second-order valence-corrected chi connectivity index (χ2v) is 17.1. The number of halogens is 2. The van der Waals surface area contributed by atoms with Gasteiger partial charge < -0.3 is 43.3 Å². The highest BCUT2D eigenvalue weighted by atomic mass is 35.5. The number of epoxide rings is 1. The number of likely N-dealkylation sites (N-methyl/N-ethyl adjacent to an activating group) is 1. The highest BCUT2D eigenvalue weighted by molar-refractivity contribution is 6.35. The average molecular weight is 921 g/mol. The van der Waals surface area contributed by atoms with E-state index in [2.05, 4.69) is 10.6 Å². The number of benzene rings is 3. The summed E-state index contributed by atoms with van der Waals surface area (Å²) in [5.74, 6) is -3.27. The van der Waals surface area contributed by atoms with Crippen molar-refractivity contribution in [1.82, 2.24) is 10.2 Å². The Labute approximate surface area is 381 Å². The molecule has 0 aliphatic carbocycles. The molecule has 3 aromatic rings. The smallest absolute Gasteiger partial charge is 0.412 e. The molecule has 6 rings (SSSR count). The number of carbonyl (C=O) groups is 5. The summed E-state index contributed by atoms with van der Waals surface area (Å²) in [5, 5.41) is 16.8. The van der Waals surface area contributed by atoms with Gasteiger partial charge in [-0.3, -0.25) is 20.2 Å². The van der Waals surface area contributed by atoms with Crippen LogP contribution in [-0.2, 0) is 46.3 Å². The molecule has 2 saturated heterocycles. The summed E-state index contributed by atoms with van der Waals surface area (Å²) in [6, 6.07) is 14.4. The van der Waals surface area contributed by atoms with Gasteiger partial charge in [0, 0.05) is 39.1 Å². The first-order valence-corrected chi connectivity index (χ1v) is 21.3. The molecule has 3 aromatic carbocycles. The summed E-state index contributed by atoms with van der Waals surface area (Å²) < 4.78 is 49.4. The molecule has 0 unspecified atom stereocenters. The maximum Gasteiger partial charge on any atom is 0.412 e. The van der Waals surface area contributed by atoms with Crippen molar-refractivity contribution in [2.45, 2.75) is 95.3 Å². The van der Waals surface area contributed by atoms with Crippen LogP contribution < -0.4 is 20.3 Å². The first-order valence-electron chi connectivity index (χ1n) is 20.9. The van der Waals surface area contributed by atoms with Gasteiger partial charge in [0.15, 0.2) is 5.72 Å². The third-order valence-corrected chi connectivity index (χ3v) is 12.5. The van der Waals surface area contributed by atoms with Crippen molar-refractivity contribution in [1.29, 1.82) is 0 Å². The normalized spacial score (nSPS) is 27.3. The number of rotatable bonds is 9. The molecule has 65 heavy (non-hydrogen) atoms. The van der Waals surface area contributed by atoms with E-state index < -0.39 is 89.9 Å². The van der Waals surface area contributed by atoms with Gasteiger partial charge in [0.05, 0.1) is 31.0 Å². The van der Waals surface area contributed by atoms with Crippen LogP contribution in [0.2, 0.25) is 5.02 Å². The number of hydrogen-bond donors (Lipinski definition) is 3. The summed E-state index contributed by atoms with van der Waals surface area (Å²) in [7, 11) is 5.73. The summed E-state index contributed by atoms with van der Waals surface area (Å²) in [4.78, 5) is 70.2. The lowest BCUT2D eigenvalue weighted by molar-refractivity contribution is -0.158. The molecule has 3 aliphatic rings. The van der Waals surface area contributed by atoms with Crippen molar-refractivity contribution in [2.75, 3.05) is 38.5 Å². The molecule has 16 nitrogen and oxygen atoms in total. The molecule has 18 heteroatoms. The molecule has 3 aliphatic heterocycles. The Kier molecular flexibility index (Phi) is 14.9. The summed E-state index contributed by atoms with van der Waals surface area (Å²) in [5.41, 5.74) is -0.943. The fourth-order valence-electron chi connectivity index (χ4n) is 8.00. The molecule has 2 fully saturated rings. The molecular formula is C47H54ClFN4O12. The number of fused-ring (bicyclic) bond motifs is 5. The number of allylic oxidation sites excluding steroid dienone is 3. The number of alkyl carbamates (subject to hydrolysis) is 1. The van der Waals surface area contributed by atoms with Crippen LogP contribution in [0.25, 0.3) is 0 Å². The van der Waals surface area contributed by atoms with Crippen molar-refractivity contribution in [3.05, 3.63) is 112 Å². The van der Waals surface area contributed by atoms with Crippen LogP contribution in [0.1, 0.15) is 62.0 Å². The third-order valence-electron chi connectivity index (χ3n) is 12.1. The SMILES string of the molecule is COc1cc2cc(c1Cl)N(C)C(=O)C[C@H](OC(=O)[C@H](C)N(C)C(=O)c1ccc(F)c(NC(=O)OCc3ccccc3)c1)[C@]1(C)O[C@H]1[C@H](C)[C@@H]1C[C@@](O)(NC(=O)O1)[C@H](OC)/C=C/C=C(\C)C2.